The van der Waals surface area contributed by atoms with E-state index in [2.05, 4.69) is 17.0 Å². The molecule has 4 heteroatoms. The van der Waals surface area contributed by atoms with Gasteiger partial charge in [-0.1, -0.05) is 55.5 Å². The second-order valence-corrected chi connectivity index (χ2v) is 4.88. The molecule has 2 aromatic rings. The summed E-state index contributed by atoms with van der Waals surface area (Å²) in [7, 11) is 0. The lowest BCUT2D eigenvalue weighted by atomic mass is 10.2. The Hall–Kier alpha value is -2.33. The first-order valence-electron chi connectivity index (χ1n) is 7.37. The number of rotatable bonds is 8. The zero-order valence-electron chi connectivity index (χ0n) is 12.8. The van der Waals surface area contributed by atoms with Gasteiger partial charge in [0.25, 0.3) is 0 Å². The van der Waals surface area contributed by atoms with Crippen LogP contribution in [0.25, 0.3) is 0 Å². The Labute approximate surface area is 131 Å². The van der Waals surface area contributed by atoms with E-state index in [-0.39, 0.29) is 19.3 Å². The summed E-state index contributed by atoms with van der Waals surface area (Å²) in [6.45, 7) is 3.79. The highest BCUT2D eigenvalue weighted by Crippen LogP contribution is 2.08. The van der Waals surface area contributed by atoms with E-state index in [0.29, 0.717) is 5.75 Å². The van der Waals surface area contributed by atoms with Crippen LogP contribution in [0.5, 0.6) is 5.75 Å². The summed E-state index contributed by atoms with van der Waals surface area (Å²) in [6.07, 6.45) is 0. The first-order chi connectivity index (χ1) is 10.8. The Morgan fingerprint density at radius 2 is 1.64 bits per heavy atom. The molecule has 0 saturated carbocycles. The van der Waals surface area contributed by atoms with Gasteiger partial charge in [0.2, 0.25) is 0 Å². The van der Waals surface area contributed by atoms with Gasteiger partial charge in [-0.05, 0) is 24.2 Å². The van der Waals surface area contributed by atoms with Crippen molar-refractivity contribution in [1.82, 2.24) is 4.90 Å². The summed E-state index contributed by atoms with van der Waals surface area (Å²) in [5.41, 5.74) is 1.20. The lowest BCUT2D eigenvalue weighted by Gasteiger charge is -2.20. The minimum atomic E-state index is -0.365. The summed E-state index contributed by atoms with van der Waals surface area (Å²) in [4.78, 5) is 13.8. The second-order valence-electron chi connectivity index (χ2n) is 4.88. The average Bonchev–Trinajstić information content (AvgIpc) is 2.58. The highest BCUT2D eigenvalue weighted by atomic mass is 16.6. The fourth-order valence-electron chi connectivity index (χ4n) is 1.95. The molecule has 0 amide bonds. The van der Waals surface area contributed by atoms with E-state index in [1.54, 1.807) is 12.1 Å². The number of hydrogen-bond donors (Lipinski definition) is 0. The van der Waals surface area contributed by atoms with Gasteiger partial charge in [0.15, 0.2) is 6.61 Å². The third kappa shape index (κ3) is 5.58. The van der Waals surface area contributed by atoms with Crippen LogP contribution in [-0.2, 0) is 16.1 Å². The summed E-state index contributed by atoms with van der Waals surface area (Å²) < 4.78 is 10.6. The second kappa shape index (κ2) is 8.85. The topological polar surface area (TPSA) is 38.8 Å². The van der Waals surface area contributed by atoms with Crippen molar-refractivity contribution in [3.05, 3.63) is 66.2 Å². The van der Waals surface area contributed by atoms with Gasteiger partial charge in [-0.3, -0.25) is 4.90 Å². The first kappa shape index (κ1) is 16.0. The van der Waals surface area contributed by atoms with Crippen molar-refractivity contribution >= 4 is 5.97 Å². The number of para-hydroxylation sites is 1. The number of carbonyl (C=O) groups excluding carboxylic acids is 1. The van der Waals surface area contributed by atoms with E-state index < -0.39 is 0 Å². The molecule has 0 aliphatic heterocycles. The Kier molecular flexibility index (Phi) is 6.45. The Bertz CT molecular complexity index is 557. The number of hydrogen-bond acceptors (Lipinski definition) is 4. The standard InChI is InChI=1S/C18H21NO3/c1-2-19(13-16-9-5-3-6-10-16)15-22-18(20)14-21-17-11-7-4-8-12-17/h3-12H,2,13-15H2,1H3. The summed E-state index contributed by atoms with van der Waals surface area (Å²) in [5.74, 6) is 0.298. The molecule has 2 rings (SSSR count). The maximum Gasteiger partial charge on any atom is 0.345 e. The molecule has 0 aliphatic carbocycles. The van der Waals surface area contributed by atoms with Crippen molar-refractivity contribution in [3.63, 3.8) is 0 Å². The van der Waals surface area contributed by atoms with Crippen molar-refractivity contribution in [3.8, 4) is 5.75 Å². The summed E-state index contributed by atoms with van der Waals surface area (Å²) in [5, 5.41) is 0. The van der Waals surface area contributed by atoms with Gasteiger partial charge >= 0.3 is 5.97 Å². The molecule has 0 aromatic heterocycles. The van der Waals surface area contributed by atoms with E-state index in [1.807, 2.05) is 43.3 Å². The Morgan fingerprint density at radius 3 is 2.27 bits per heavy atom. The average molecular weight is 299 g/mol. The van der Waals surface area contributed by atoms with Crippen LogP contribution in [0.4, 0.5) is 0 Å². The van der Waals surface area contributed by atoms with Crippen LogP contribution in [0.15, 0.2) is 60.7 Å². The number of esters is 1. The van der Waals surface area contributed by atoms with Crippen molar-refractivity contribution in [2.75, 3.05) is 19.9 Å². The third-order valence-corrected chi connectivity index (χ3v) is 3.20. The van der Waals surface area contributed by atoms with Crippen LogP contribution in [0.3, 0.4) is 0 Å². The van der Waals surface area contributed by atoms with E-state index in [0.717, 1.165) is 13.1 Å². The molecule has 0 saturated heterocycles. The number of benzene rings is 2. The zero-order valence-corrected chi connectivity index (χ0v) is 12.8. The van der Waals surface area contributed by atoms with Crippen molar-refractivity contribution < 1.29 is 14.3 Å². The maximum absolute atomic E-state index is 11.7. The SMILES string of the molecule is CCN(COC(=O)COc1ccccc1)Cc1ccccc1. The predicted molar refractivity (Wildman–Crippen MR) is 85.4 cm³/mol. The van der Waals surface area contributed by atoms with Gasteiger partial charge in [0.05, 0.1) is 0 Å². The maximum atomic E-state index is 11.7. The quantitative estimate of drug-likeness (QED) is 0.554. The molecule has 0 unspecified atom stereocenters. The minimum Gasteiger partial charge on any atom is -0.482 e. The molecule has 0 N–H and O–H groups in total. The molecule has 22 heavy (non-hydrogen) atoms. The largest absolute Gasteiger partial charge is 0.482 e. The molecule has 2 aromatic carbocycles. The third-order valence-electron chi connectivity index (χ3n) is 3.20. The smallest absolute Gasteiger partial charge is 0.345 e. The highest BCUT2D eigenvalue weighted by Gasteiger charge is 2.08. The molecule has 0 heterocycles. The van der Waals surface area contributed by atoms with Crippen molar-refractivity contribution in [1.29, 1.82) is 0 Å². The normalized spacial score (nSPS) is 10.5. The molecule has 116 valence electrons. The van der Waals surface area contributed by atoms with Gasteiger partial charge in [-0.15, -0.1) is 0 Å². The summed E-state index contributed by atoms with van der Waals surface area (Å²) in [6, 6.07) is 19.3. The van der Waals surface area contributed by atoms with Gasteiger partial charge in [0, 0.05) is 6.54 Å². The highest BCUT2D eigenvalue weighted by molar-refractivity contribution is 5.71. The summed E-state index contributed by atoms with van der Waals surface area (Å²) >= 11 is 0. The van der Waals surface area contributed by atoms with E-state index in [4.69, 9.17) is 9.47 Å². The van der Waals surface area contributed by atoms with E-state index in [1.165, 1.54) is 5.56 Å². The number of carbonyl (C=O) groups is 1. The number of ether oxygens (including phenoxy) is 2. The molecular weight excluding hydrogens is 278 g/mol. The van der Waals surface area contributed by atoms with Gasteiger partial charge < -0.3 is 9.47 Å². The fourth-order valence-corrected chi connectivity index (χ4v) is 1.95. The van der Waals surface area contributed by atoms with Crippen LogP contribution in [0.2, 0.25) is 0 Å². The molecule has 0 bridgehead atoms. The number of nitrogens with zero attached hydrogens (tertiary/aromatic N) is 1. The van der Waals surface area contributed by atoms with Gasteiger partial charge in [0.1, 0.15) is 12.5 Å². The van der Waals surface area contributed by atoms with Crippen LogP contribution in [-0.4, -0.2) is 30.8 Å². The van der Waals surface area contributed by atoms with E-state index in [9.17, 15) is 4.79 Å². The lowest BCUT2D eigenvalue weighted by molar-refractivity contribution is -0.151. The van der Waals surface area contributed by atoms with E-state index >= 15 is 0 Å². The van der Waals surface area contributed by atoms with Gasteiger partial charge in [-0.25, -0.2) is 4.79 Å². The predicted octanol–water partition coefficient (Wildman–Crippen LogP) is 3.09. The monoisotopic (exact) mass is 299 g/mol. The molecular formula is C18H21NO3. The van der Waals surface area contributed by atoms with Crippen LogP contribution >= 0.6 is 0 Å². The van der Waals surface area contributed by atoms with Crippen LogP contribution in [0, 0.1) is 0 Å². The van der Waals surface area contributed by atoms with Crippen LogP contribution < -0.4 is 4.74 Å². The van der Waals surface area contributed by atoms with Gasteiger partial charge in [-0.2, -0.15) is 0 Å². The minimum absolute atomic E-state index is 0.0765. The van der Waals surface area contributed by atoms with Crippen LogP contribution in [0.1, 0.15) is 12.5 Å². The molecule has 0 atom stereocenters. The molecule has 4 nitrogen and oxygen atoms in total. The molecule has 0 aliphatic rings. The molecule has 0 fully saturated rings. The van der Waals surface area contributed by atoms with Crippen molar-refractivity contribution in [2.24, 2.45) is 0 Å². The Balaban J connectivity index is 1.72. The lowest BCUT2D eigenvalue weighted by Crippen LogP contribution is -2.29. The zero-order chi connectivity index (χ0) is 15.6. The Morgan fingerprint density at radius 1 is 1.00 bits per heavy atom. The molecule has 0 spiro atoms. The fraction of sp³-hybridized carbons (Fsp3) is 0.278. The molecule has 0 radical (unpaired) electrons. The van der Waals surface area contributed by atoms with Crippen molar-refractivity contribution in [2.45, 2.75) is 13.5 Å². The first-order valence-corrected chi connectivity index (χ1v) is 7.37.